The van der Waals surface area contributed by atoms with Crippen LogP contribution in [0.4, 0.5) is 5.69 Å². The van der Waals surface area contributed by atoms with Crippen LogP contribution in [0.5, 0.6) is 0 Å². The summed E-state index contributed by atoms with van der Waals surface area (Å²) in [6.45, 7) is 1.88. The predicted molar refractivity (Wildman–Crippen MR) is 89.8 cm³/mol. The number of carbonyl (C=O) groups excluding carboxylic acids is 3. The number of carbonyl (C=O) groups is 4. The number of rotatable bonds is 2. The Morgan fingerprint density at radius 3 is 2.65 bits per heavy atom. The number of para-hydroxylation sites is 1. The molecular weight excluding hydrogens is 338 g/mol. The zero-order valence-electron chi connectivity index (χ0n) is 13.8. The second kappa shape index (κ2) is 5.66. The summed E-state index contributed by atoms with van der Waals surface area (Å²) >= 11 is 0. The summed E-state index contributed by atoms with van der Waals surface area (Å²) in [7, 11) is 0. The van der Waals surface area contributed by atoms with E-state index in [9.17, 15) is 19.2 Å². The number of benzene rings is 1. The molecule has 4 rings (SSSR count). The van der Waals surface area contributed by atoms with Gasteiger partial charge in [0.15, 0.2) is 0 Å². The zero-order valence-corrected chi connectivity index (χ0v) is 13.8. The van der Waals surface area contributed by atoms with Crippen LogP contribution < -0.4 is 4.90 Å². The highest BCUT2D eigenvalue weighted by molar-refractivity contribution is 6.13. The number of fused-ring (bicyclic) bond motifs is 5. The Morgan fingerprint density at radius 1 is 1.19 bits per heavy atom. The highest BCUT2D eigenvalue weighted by Gasteiger charge is 2.57. The Balaban J connectivity index is 1.89. The number of amides is 1. The number of anilines is 1. The number of carboxylic acid groups (broad SMARTS) is 1. The Hall–Kier alpha value is -3.22. The van der Waals surface area contributed by atoms with E-state index in [2.05, 4.69) is 0 Å². The first kappa shape index (κ1) is 16.3. The largest absolute Gasteiger partial charge is 0.478 e. The lowest BCUT2D eigenvalue weighted by Gasteiger charge is -2.34. The number of carboxylic acids is 1. The first-order chi connectivity index (χ1) is 12.4. The van der Waals surface area contributed by atoms with Gasteiger partial charge in [0, 0.05) is 17.7 Å². The molecule has 1 aliphatic carbocycles. The number of nitrogens with zero attached hydrogens (tertiary/aromatic N) is 1. The molecule has 1 aromatic carbocycles. The topological polar surface area (TPSA) is 101 Å². The van der Waals surface area contributed by atoms with Crippen molar-refractivity contribution in [2.24, 2.45) is 11.8 Å². The quantitative estimate of drug-likeness (QED) is 0.492. The molecule has 132 valence electrons. The number of cyclic esters (lactones) is 2. The summed E-state index contributed by atoms with van der Waals surface area (Å²) in [5.41, 5.74) is 3.18. The third-order valence-corrected chi connectivity index (χ3v) is 5.17. The van der Waals surface area contributed by atoms with Crippen LogP contribution in [-0.2, 0) is 23.9 Å². The van der Waals surface area contributed by atoms with Crippen LogP contribution >= 0.6 is 0 Å². The Morgan fingerprint density at radius 2 is 1.92 bits per heavy atom. The van der Waals surface area contributed by atoms with E-state index >= 15 is 0 Å². The molecule has 0 saturated carbocycles. The van der Waals surface area contributed by atoms with E-state index in [0.717, 1.165) is 28.9 Å². The lowest BCUT2D eigenvalue weighted by atomic mass is 9.73. The fourth-order valence-electron chi connectivity index (χ4n) is 4.20. The van der Waals surface area contributed by atoms with Gasteiger partial charge in [0.1, 0.15) is 0 Å². The maximum atomic E-state index is 12.8. The molecule has 7 heteroatoms. The molecule has 0 aromatic heterocycles. The number of hydrogen-bond donors (Lipinski definition) is 1. The Labute approximate surface area is 148 Å². The van der Waals surface area contributed by atoms with Gasteiger partial charge in [0.05, 0.1) is 23.6 Å². The summed E-state index contributed by atoms with van der Waals surface area (Å²) in [5.74, 6) is -4.40. The van der Waals surface area contributed by atoms with E-state index in [4.69, 9.17) is 9.84 Å². The SMILES string of the molecule is CC1=C2c3ccccc3N(C(=O)C=CC(=O)O)C2C2C(=O)OC(=O)C2C1. The average molecular weight is 353 g/mol. The number of ether oxygens (including phenoxy) is 1. The minimum atomic E-state index is -1.24. The maximum absolute atomic E-state index is 12.8. The predicted octanol–water partition coefficient (Wildman–Crippen LogP) is 1.54. The first-order valence-corrected chi connectivity index (χ1v) is 8.19. The van der Waals surface area contributed by atoms with Crippen molar-refractivity contribution in [1.82, 2.24) is 0 Å². The van der Waals surface area contributed by atoms with Gasteiger partial charge < -0.3 is 9.84 Å². The fourth-order valence-corrected chi connectivity index (χ4v) is 4.20. The summed E-state index contributed by atoms with van der Waals surface area (Å²) in [6.07, 6.45) is 2.13. The molecule has 3 atom stereocenters. The van der Waals surface area contributed by atoms with Crippen LogP contribution in [0.25, 0.3) is 5.57 Å². The first-order valence-electron chi connectivity index (χ1n) is 8.19. The summed E-state index contributed by atoms with van der Waals surface area (Å²) < 4.78 is 4.84. The van der Waals surface area contributed by atoms with E-state index in [1.165, 1.54) is 4.90 Å². The highest BCUT2D eigenvalue weighted by Crippen LogP contribution is 2.52. The lowest BCUT2D eigenvalue weighted by molar-refractivity contribution is -0.153. The van der Waals surface area contributed by atoms with Gasteiger partial charge in [-0.15, -0.1) is 0 Å². The molecule has 3 unspecified atom stereocenters. The second-order valence-corrected chi connectivity index (χ2v) is 6.61. The van der Waals surface area contributed by atoms with Crippen molar-refractivity contribution in [2.75, 3.05) is 4.90 Å². The maximum Gasteiger partial charge on any atom is 0.328 e. The molecule has 26 heavy (non-hydrogen) atoms. The molecule has 1 amide bonds. The van der Waals surface area contributed by atoms with Crippen LogP contribution in [0, 0.1) is 11.8 Å². The minimum absolute atomic E-state index is 0.405. The monoisotopic (exact) mass is 353 g/mol. The molecule has 1 saturated heterocycles. The van der Waals surface area contributed by atoms with Crippen LogP contribution in [0.15, 0.2) is 42.0 Å². The summed E-state index contributed by atoms with van der Waals surface area (Å²) in [5, 5.41) is 8.82. The molecule has 0 radical (unpaired) electrons. The standard InChI is InChI=1S/C19H15NO6/c1-9-8-11-16(19(25)26-18(11)24)17-15(9)10-4-2-3-5-12(10)20(17)13(21)6-7-14(22)23/h2-7,11,16-17H,8H2,1H3,(H,22,23). The Bertz CT molecular complexity index is 928. The summed E-state index contributed by atoms with van der Waals surface area (Å²) in [6, 6.07) is 6.54. The minimum Gasteiger partial charge on any atom is -0.478 e. The molecule has 2 aliphatic heterocycles. The molecule has 1 N–H and O–H groups in total. The van der Waals surface area contributed by atoms with E-state index < -0.39 is 41.7 Å². The van der Waals surface area contributed by atoms with Crippen molar-refractivity contribution < 1.29 is 29.0 Å². The van der Waals surface area contributed by atoms with Crippen molar-refractivity contribution in [3.8, 4) is 0 Å². The third-order valence-electron chi connectivity index (χ3n) is 5.17. The molecule has 3 aliphatic rings. The molecule has 1 fully saturated rings. The number of hydrogen-bond acceptors (Lipinski definition) is 5. The number of esters is 2. The van der Waals surface area contributed by atoms with Crippen molar-refractivity contribution >= 4 is 35.1 Å². The van der Waals surface area contributed by atoms with Crippen molar-refractivity contribution in [3.05, 3.63) is 47.6 Å². The van der Waals surface area contributed by atoms with Crippen LogP contribution in [-0.4, -0.2) is 35.0 Å². The molecule has 1 aromatic rings. The molecule has 0 bridgehead atoms. The number of allylic oxidation sites excluding steroid dienone is 1. The van der Waals surface area contributed by atoms with Gasteiger partial charge in [-0.3, -0.25) is 19.3 Å². The van der Waals surface area contributed by atoms with Gasteiger partial charge >= 0.3 is 17.9 Å². The Kier molecular flexibility index (Phi) is 3.54. The second-order valence-electron chi connectivity index (χ2n) is 6.61. The van der Waals surface area contributed by atoms with E-state index in [1.807, 2.05) is 19.1 Å². The van der Waals surface area contributed by atoms with E-state index in [0.29, 0.717) is 12.1 Å². The normalized spacial score (nSPS) is 26.7. The van der Waals surface area contributed by atoms with Gasteiger partial charge in [-0.1, -0.05) is 23.8 Å². The summed E-state index contributed by atoms with van der Waals surface area (Å²) in [4.78, 5) is 49.4. The third kappa shape index (κ3) is 2.20. The molecular formula is C19H15NO6. The van der Waals surface area contributed by atoms with Gasteiger partial charge in [-0.2, -0.15) is 0 Å². The van der Waals surface area contributed by atoms with Crippen LogP contribution in [0.2, 0.25) is 0 Å². The van der Waals surface area contributed by atoms with E-state index in [1.54, 1.807) is 12.1 Å². The fraction of sp³-hybridized carbons (Fsp3) is 0.263. The van der Waals surface area contributed by atoms with Gasteiger partial charge in [0.2, 0.25) is 0 Å². The van der Waals surface area contributed by atoms with Gasteiger partial charge in [-0.05, 0) is 25.0 Å². The molecule has 2 heterocycles. The number of aliphatic carboxylic acids is 1. The zero-order chi connectivity index (χ0) is 18.6. The van der Waals surface area contributed by atoms with Crippen molar-refractivity contribution in [3.63, 3.8) is 0 Å². The average Bonchev–Trinajstić information content (AvgIpc) is 3.08. The van der Waals surface area contributed by atoms with Gasteiger partial charge in [-0.25, -0.2) is 4.79 Å². The molecule has 0 spiro atoms. The van der Waals surface area contributed by atoms with Gasteiger partial charge in [0.25, 0.3) is 5.91 Å². The van der Waals surface area contributed by atoms with E-state index in [-0.39, 0.29) is 0 Å². The van der Waals surface area contributed by atoms with Crippen LogP contribution in [0.1, 0.15) is 18.9 Å². The lowest BCUT2D eigenvalue weighted by Crippen LogP contribution is -2.47. The molecule has 7 nitrogen and oxygen atoms in total. The van der Waals surface area contributed by atoms with Crippen molar-refractivity contribution in [1.29, 1.82) is 0 Å². The van der Waals surface area contributed by atoms with Crippen molar-refractivity contribution in [2.45, 2.75) is 19.4 Å². The smallest absolute Gasteiger partial charge is 0.328 e. The van der Waals surface area contributed by atoms with Crippen LogP contribution in [0.3, 0.4) is 0 Å². The highest BCUT2D eigenvalue weighted by atomic mass is 16.6.